The summed E-state index contributed by atoms with van der Waals surface area (Å²) >= 11 is 0. The average molecular weight is 1150 g/mol. The molecule has 8 aromatic rings. The normalized spacial score (nSPS) is 14.3. The van der Waals surface area contributed by atoms with Crippen molar-refractivity contribution in [3.8, 4) is 0 Å². The molecule has 0 aliphatic heterocycles. The summed E-state index contributed by atoms with van der Waals surface area (Å²) in [6, 6.07) is 14.5. The Morgan fingerprint density at radius 3 is 1.52 bits per heavy atom. The van der Waals surface area contributed by atoms with E-state index in [-0.39, 0.29) is 63.8 Å². The molecule has 4 heterocycles. The molecule has 2 atom stereocenters. The van der Waals surface area contributed by atoms with E-state index in [4.69, 9.17) is 5.73 Å². The summed E-state index contributed by atoms with van der Waals surface area (Å²) in [6.45, 7) is 6.99. The molecule has 0 radical (unpaired) electrons. The zero-order chi connectivity index (χ0) is 59.8. The van der Waals surface area contributed by atoms with E-state index >= 15 is 0 Å². The summed E-state index contributed by atoms with van der Waals surface area (Å²) in [5.41, 5.74) is 8.57. The molecule has 0 fully saturated rings. The van der Waals surface area contributed by atoms with Gasteiger partial charge in [0.05, 0.1) is 35.6 Å². The lowest BCUT2D eigenvalue weighted by Crippen LogP contribution is -2.31. The Labute approximate surface area is 466 Å². The molecule has 2 aliphatic carbocycles. The number of fused-ring (bicyclic) bond motifs is 4. The highest BCUT2D eigenvalue weighted by molar-refractivity contribution is 6.00. The number of aromatic nitrogens is 6. The molecule has 10 rings (SSSR count). The number of carbonyl (C=O) groups excluding carboxylic acids is 7. The van der Waals surface area contributed by atoms with Crippen LogP contribution in [0, 0.1) is 37.1 Å². The van der Waals surface area contributed by atoms with Crippen LogP contribution in [0.1, 0.15) is 162 Å². The third-order valence-electron chi connectivity index (χ3n) is 14.3. The van der Waals surface area contributed by atoms with Crippen LogP contribution >= 0.6 is 0 Å². The van der Waals surface area contributed by atoms with Gasteiger partial charge in [0, 0.05) is 42.9 Å². The number of hydrogen-bond donors (Lipinski definition) is 6. The summed E-state index contributed by atoms with van der Waals surface area (Å²) in [5.74, 6) is -8.08. The third kappa shape index (κ3) is 11.8. The highest BCUT2D eigenvalue weighted by atomic mass is 19.4. The first-order valence-electron chi connectivity index (χ1n) is 25.7. The number of nitrogens with two attached hydrogens (primary N) is 1. The van der Waals surface area contributed by atoms with Gasteiger partial charge in [0.1, 0.15) is 34.4 Å². The number of primary amides is 1. The molecule has 26 heteroatoms. The van der Waals surface area contributed by atoms with E-state index in [0.717, 1.165) is 73.0 Å². The van der Waals surface area contributed by atoms with E-state index in [9.17, 15) is 64.3 Å². The number of rotatable bonds is 14. The predicted octanol–water partition coefficient (Wildman–Crippen LogP) is 7.40. The monoisotopic (exact) mass is 1150 g/mol. The molecule has 0 unspecified atom stereocenters. The van der Waals surface area contributed by atoms with E-state index in [1.807, 2.05) is 26.8 Å². The van der Waals surface area contributed by atoms with E-state index in [1.165, 1.54) is 25.1 Å². The Balaban J connectivity index is 0.000000200. The smallest absolute Gasteiger partial charge is 0.366 e. The molecule has 428 valence electrons. The minimum absolute atomic E-state index is 0.0359. The van der Waals surface area contributed by atoms with Crippen LogP contribution in [0.25, 0.3) is 11.3 Å². The number of halogens is 7. The maximum atomic E-state index is 14.5. The lowest BCUT2D eigenvalue weighted by molar-refractivity contribution is -0.140. The summed E-state index contributed by atoms with van der Waals surface area (Å²) < 4.78 is 97.5. The number of benzene rings is 4. The molecule has 0 spiro atoms. The zero-order valence-electron chi connectivity index (χ0n) is 44.5. The molecule has 0 saturated heterocycles. The van der Waals surface area contributed by atoms with E-state index < -0.39 is 82.8 Å². The fraction of sp³-hybridized carbons (Fsp3) is 0.246. The molecule has 2 aliphatic rings. The Kier molecular flexibility index (Phi) is 16.2. The van der Waals surface area contributed by atoms with Gasteiger partial charge in [-0.15, -0.1) is 0 Å². The van der Waals surface area contributed by atoms with Crippen LogP contribution in [-0.4, -0.2) is 77.0 Å². The van der Waals surface area contributed by atoms with Crippen LogP contribution < -0.4 is 32.3 Å². The Hall–Kier alpha value is -9.88. The van der Waals surface area contributed by atoms with Crippen molar-refractivity contribution in [3.05, 3.63) is 198 Å². The fourth-order valence-electron chi connectivity index (χ4n) is 10.2. The molecular formula is C57H49F7N12O7. The van der Waals surface area contributed by atoms with Gasteiger partial charge in [-0.25, -0.2) is 36.6 Å². The Morgan fingerprint density at radius 2 is 1.05 bits per heavy atom. The van der Waals surface area contributed by atoms with Gasteiger partial charge in [-0.3, -0.25) is 33.6 Å². The molecular weight excluding hydrogens is 1100 g/mol. The number of alkyl halides is 3. The lowest BCUT2D eigenvalue weighted by atomic mass is 9.96. The van der Waals surface area contributed by atoms with E-state index in [0.29, 0.717) is 61.1 Å². The van der Waals surface area contributed by atoms with Gasteiger partial charge in [-0.05, 0) is 128 Å². The highest BCUT2D eigenvalue weighted by Gasteiger charge is 2.35. The predicted molar refractivity (Wildman–Crippen MR) is 282 cm³/mol. The first-order chi connectivity index (χ1) is 39.4. The highest BCUT2D eigenvalue weighted by Crippen LogP contribution is 2.37. The second-order valence-electron chi connectivity index (χ2n) is 19.5. The number of Topliss-reactive ketones (excluding diaryl/α,β-unsaturated/α-hetero) is 1. The maximum absolute atomic E-state index is 14.5. The molecule has 83 heavy (non-hydrogen) atoms. The second kappa shape index (κ2) is 23.3. The summed E-state index contributed by atoms with van der Waals surface area (Å²) in [4.78, 5) is 96.4. The third-order valence-corrected chi connectivity index (χ3v) is 14.3. The molecule has 0 bridgehead atoms. The molecule has 6 amide bonds. The van der Waals surface area contributed by atoms with Crippen molar-refractivity contribution < 1.29 is 64.3 Å². The minimum atomic E-state index is -4.93. The van der Waals surface area contributed by atoms with Gasteiger partial charge in [0.25, 0.3) is 35.4 Å². The van der Waals surface area contributed by atoms with E-state index in [2.05, 4.69) is 46.7 Å². The number of hydrogen-bond acceptors (Lipinski definition) is 11. The maximum Gasteiger partial charge on any atom is 0.419 e. The summed E-state index contributed by atoms with van der Waals surface area (Å²) in [6.07, 6.45) is -0.796. The number of carbonyl (C=O) groups is 7. The topological polar surface area (TPSA) is 266 Å². The van der Waals surface area contributed by atoms with Crippen LogP contribution in [0.4, 0.5) is 30.7 Å². The SMILES string of the molecule is CC(=O)c1ccc2c(c1C)CC[C@@H]2NC(=O)c1cc(C(=O)NCc2ccc(F)c(C(N)=O)c2)nc2c(F)cnn12.CCNC(=O)c1ccc2c(c1C)CC[C@@H]2NC(=O)c1cc(C(=O)NCc2ccc(F)c(C(F)(F)F)c2)nc2c(F)cnn12. The molecule has 4 aromatic heterocycles. The van der Waals surface area contributed by atoms with Gasteiger partial charge in [-0.1, -0.05) is 30.3 Å². The largest absolute Gasteiger partial charge is 0.419 e. The van der Waals surface area contributed by atoms with Gasteiger partial charge >= 0.3 is 6.18 Å². The standard InChI is InChI=1S/C29H25F5N6O3.C28H24F2N6O4/c1-3-35-26(41)17-5-6-18-16(14(17)2)7-9-22(18)39-28(43)24-11-23(38-25-21(31)13-37-40(24)25)27(42)36-12-15-4-8-20(30)19(10-15)29(32,33)34;1-13-16(14(2)37)4-5-18-17(13)6-8-22(18)35-28(40)24-10-23(34-26-21(30)12-33-36(24)26)27(39)32-11-15-3-7-20(29)19(9-15)25(31)38/h4-6,8,10-11,13,22H,3,7,9,12H2,1-2H3,(H,35,41)(H,36,42)(H,39,43);3-5,7,9-10,12,22H,6,8,11H2,1-2H3,(H2,31,38)(H,32,39)(H,35,40)/t2*22-/m00/s1. The number of nitrogens with one attached hydrogen (secondary N) is 5. The number of amides is 6. The minimum Gasteiger partial charge on any atom is -0.366 e. The van der Waals surface area contributed by atoms with Crippen LogP contribution in [0.3, 0.4) is 0 Å². The molecule has 4 aromatic carbocycles. The molecule has 7 N–H and O–H groups in total. The fourth-order valence-corrected chi connectivity index (χ4v) is 10.2. The van der Waals surface area contributed by atoms with Gasteiger partial charge in [-0.2, -0.15) is 23.4 Å². The van der Waals surface area contributed by atoms with Crippen LogP contribution in [0.2, 0.25) is 0 Å². The lowest BCUT2D eigenvalue weighted by Gasteiger charge is -2.17. The average Bonchev–Trinajstić information content (AvgIpc) is 3.63. The zero-order valence-corrected chi connectivity index (χ0v) is 44.5. The second-order valence-corrected chi connectivity index (χ2v) is 19.5. The molecule has 19 nitrogen and oxygen atoms in total. The van der Waals surface area contributed by atoms with Crippen LogP contribution in [-0.2, 0) is 32.1 Å². The van der Waals surface area contributed by atoms with E-state index in [1.54, 1.807) is 18.2 Å². The van der Waals surface area contributed by atoms with Crippen LogP contribution in [0.15, 0.2) is 85.2 Å². The number of ketones is 1. The van der Waals surface area contributed by atoms with Gasteiger partial charge < -0.3 is 32.3 Å². The first kappa shape index (κ1) is 57.8. The van der Waals surface area contributed by atoms with Crippen molar-refractivity contribution >= 4 is 52.5 Å². The van der Waals surface area contributed by atoms with Crippen molar-refractivity contribution in [1.82, 2.24) is 55.8 Å². The van der Waals surface area contributed by atoms with Gasteiger partial charge in [0.15, 0.2) is 28.7 Å². The van der Waals surface area contributed by atoms with Crippen molar-refractivity contribution in [3.63, 3.8) is 0 Å². The van der Waals surface area contributed by atoms with Crippen LogP contribution in [0.5, 0.6) is 0 Å². The van der Waals surface area contributed by atoms with Crippen molar-refractivity contribution in [2.45, 2.75) is 84.7 Å². The molecule has 0 saturated carbocycles. The Bertz CT molecular complexity index is 4010. The van der Waals surface area contributed by atoms with Crippen molar-refractivity contribution in [2.75, 3.05) is 6.54 Å². The number of nitrogens with zero attached hydrogens (tertiary/aromatic N) is 6. The van der Waals surface area contributed by atoms with Crippen molar-refractivity contribution in [1.29, 1.82) is 0 Å². The first-order valence-corrected chi connectivity index (χ1v) is 25.7. The van der Waals surface area contributed by atoms with Crippen molar-refractivity contribution in [2.24, 2.45) is 5.73 Å². The quantitative estimate of drug-likeness (QED) is 0.0462. The Morgan fingerprint density at radius 1 is 0.578 bits per heavy atom. The summed E-state index contributed by atoms with van der Waals surface area (Å²) in [7, 11) is 0. The summed E-state index contributed by atoms with van der Waals surface area (Å²) in [5, 5.41) is 21.3. The van der Waals surface area contributed by atoms with Gasteiger partial charge in [0.2, 0.25) is 0 Å².